The lowest BCUT2D eigenvalue weighted by atomic mass is 10.2. The van der Waals surface area contributed by atoms with E-state index in [0.717, 1.165) is 30.3 Å². The fourth-order valence-electron chi connectivity index (χ4n) is 2.55. The first-order valence-corrected chi connectivity index (χ1v) is 7.27. The highest BCUT2D eigenvalue weighted by Crippen LogP contribution is 2.14. The minimum atomic E-state index is 0.397. The van der Waals surface area contributed by atoms with Gasteiger partial charge in [0.1, 0.15) is 12.4 Å². The van der Waals surface area contributed by atoms with Crippen molar-refractivity contribution in [1.82, 2.24) is 14.8 Å². The predicted molar refractivity (Wildman–Crippen MR) is 83.1 cm³/mol. The van der Waals surface area contributed by atoms with Crippen molar-refractivity contribution < 1.29 is 0 Å². The number of hydrogen-bond donors (Lipinski definition) is 2. The second-order valence-corrected chi connectivity index (χ2v) is 5.34. The molecule has 1 aliphatic heterocycles. The van der Waals surface area contributed by atoms with E-state index in [-0.39, 0.29) is 0 Å². The van der Waals surface area contributed by atoms with Crippen molar-refractivity contribution in [2.75, 3.05) is 5.32 Å². The van der Waals surface area contributed by atoms with Gasteiger partial charge in [-0.15, -0.1) is 10.2 Å². The number of nitrogens with zero attached hydrogens (tertiary/aromatic N) is 4. The topological polar surface area (TPSA) is 81.1 Å². The maximum absolute atomic E-state index is 5.93. The van der Waals surface area contributed by atoms with Gasteiger partial charge in [0.2, 0.25) is 0 Å². The van der Waals surface area contributed by atoms with Crippen LogP contribution in [0.15, 0.2) is 29.3 Å². The standard InChI is InChI=1S/C15H20N6/c1-11-5-4-6-12(9-11)18-15(16)17-10-14-20-19-13-7-2-3-8-21(13)14/h4-6,9H,2-3,7-8,10H2,1H3,(H3,16,17,18). The molecule has 0 amide bonds. The third kappa shape index (κ3) is 3.21. The van der Waals surface area contributed by atoms with Crippen molar-refractivity contribution >= 4 is 11.6 Å². The number of aromatic nitrogens is 3. The highest BCUT2D eigenvalue weighted by atomic mass is 15.3. The molecular formula is C15H20N6. The first-order valence-electron chi connectivity index (χ1n) is 7.27. The van der Waals surface area contributed by atoms with Crippen molar-refractivity contribution in [3.8, 4) is 0 Å². The van der Waals surface area contributed by atoms with E-state index in [1.807, 2.05) is 31.2 Å². The Balaban J connectivity index is 1.67. The lowest BCUT2D eigenvalue weighted by molar-refractivity contribution is 0.508. The van der Waals surface area contributed by atoms with E-state index in [1.54, 1.807) is 0 Å². The Labute approximate surface area is 124 Å². The molecule has 2 heterocycles. The van der Waals surface area contributed by atoms with Gasteiger partial charge >= 0.3 is 0 Å². The zero-order valence-corrected chi connectivity index (χ0v) is 12.2. The predicted octanol–water partition coefficient (Wildman–Crippen LogP) is 1.85. The monoisotopic (exact) mass is 284 g/mol. The smallest absolute Gasteiger partial charge is 0.193 e. The van der Waals surface area contributed by atoms with Crippen LogP contribution in [0.1, 0.15) is 30.1 Å². The molecule has 0 saturated heterocycles. The molecule has 0 bridgehead atoms. The molecule has 0 spiro atoms. The van der Waals surface area contributed by atoms with Gasteiger partial charge in [-0.1, -0.05) is 12.1 Å². The largest absolute Gasteiger partial charge is 0.370 e. The molecule has 0 radical (unpaired) electrons. The van der Waals surface area contributed by atoms with Crippen LogP contribution in [0.5, 0.6) is 0 Å². The highest BCUT2D eigenvalue weighted by Gasteiger charge is 2.15. The number of nitrogens with one attached hydrogen (secondary N) is 1. The average molecular weight is 284 g/mol. The van der Waals surface area contributed by atoms with E-state index in [1.165, 1.54) is 18.4 Å². The van der Waals surface area contributed by atoms with E-state index in [9.17, 15) is 0 Å². The molecule has 0 unspecified atom stereocenters. The molecule has 0 aliphatic carbocycles. The summed E-state index contributed by atoms with van der Waals surface area (Å²) in [5, 5.41) is 11.5. The zero-order valence-electron chi connectivity index (χ0n) is 12.2. The molecular weight excluding hydrogens is 264 g/mol. The number of rotatable bonds is 3. The molecule has 0 atom stereocenters. The number of anilines is 1. The number of hydrogen-bond acceptors (Lipinski definition) is 3. The number of aryl methyl sites for hydroxylation is 2. The molecule has 0 fully saturated rings. The minimum Gasteiger partial charge on any atom is -0.370 e. The van der Waals surface area contributed by atoms with E-state index in [4.69, 9.17) is 5.73 Å². The minimum absolute atomic E-state index is 0.397. The van der Waals surface area contributed by atoms with Gasteiger partial charge in [-0.05, 0) is 37.5 Å². The van der Waals surface area contributed by atoms with Gasteiger partial charge in [0.05, 0.1) is 0 Å². The lowest BCUT2D eigenvalue weighted by Gasteiger charge is -2.14. The third-order valence-corrected chi connectivity index (χ3v) is 3.62. The average Bonchev–Trinajstić information content (AvgIpc) is 2.88. The number of aliphatic imine (C=N–C) groups is 1. The second kappa shape index (κ2) is 5.95. The zero-order chi connectivity index (χ0) is 14.7. The maximum Gasteiger partial charge on any atom is 0.193 e. The Morgan fingerprint density at radius 1 is 1.38 bits per heavy atom. The van der Waals surface area contributed by atoms with Crippen molar-refractivity contribution in [3.63, 3.8) is 0 Å². The van der Waals surface area contributed by atoms with Gasteiger partial charge in [-0.25, -0.2) is 4.99 Å². The van der Waals surface area contributed by atoms with Gasteiger partial charge in [-0.3, -0.25) is 0 Å². The maximum atomic E-state index is 5.93. The van der Waals surface area contributed by atoms with Crippen LogP contribution in [0.4, 0.5) is 5.69 Å². The SMILES string of the molecule is Cc1cccc(NC(N)=NCc2nnc3n2CCCC3)c1. The van der Waals surface area contributed by atoms with Gasteiger partial charge < -0.3 is 15.6 Å². The molecule has 6 nitrogen and oxygen atoms in total. The molecule has 1 aliphatic rings. The Kier molecular flexibility index (Phi) is 3.85. The number of nitrogens with two attached hydrogens (primary N) is 1. The normalized spacial score (nSPS) is 14.8. The van der Waals surface area contributed by atoms with Gasteiger partial charge in [0.25, 0.3) is 0 Å². The summed E-state index contributed by atoms with van der Waals surface area (Å²) in [5.41, 5.74) is 8.05. The molecule has 3 rings (SSSR count). The molecule has 21 heavy (non-hydrogen) atoms. The van der Waals surface area contributed by atoms with E-state index in [2.05, 4.69) is 25.1 Å². The summed E-state index contributed by atoms with van der Waals surface area (Å²) < 4.78 is 2.16. The molecule has 2 aromatic rings. The Bertz CT molecular complexity index is 658. The Morgan fingerprint density at radius 3 is 3.14 bits per heavy atom. The molecule has 110 valence electrons. The van der Waals surface area contributed by atoms with Crippen LogP contribution < -0.4 is 11.1 Å². The van der Waals surface area contributed by atoms with Gasteiger partial charge in [-0.2, -0.15) is 0 Å². The number of guanidine groups is 1. The van der Waals surface area contributed by atoms with Crippen LogP contribution in [0.2, 0.25) is 0 Å². The quantitative estimate of drug-likeness (QED) is 0.666. The Hall–Kier alpha value is -2.37. The van der Waals surface area contributed by atoms with Crippen LogP contribution in [-0.4, -0.2) is 20.7 Å². The van der Waals surface area contributed by atoms with Crippen molar-refractivity contribution in [3.05, 3.63) is 41.5 Å². The summed E-state index contributed by atoms with van der Waals surface area (Å²) in [6, 6.07) is 8.02. The molecule has 3 N–H and O–H groups in total. The van der Waals surface area contributed by atoms with Crippen molar-refractivity contribution in [1.29, 1.82) is 0 Å². The van der Waals surface area contributed by atoms with Crippen LogP contribution >= 0.6 is 0 Å². The van der Waals surface area contributed by atoms with Crippen LogP contribution in [0, 0.1) is 6.92 Å². The molecule has 0 saturated carbocycles. The highest BCUT2D eigenvalue weighted by molar-refractivity contribution is 5.92. The first kappa shape index (κ1) is 13.6. The van der Waals surface area contributed by atoms with Crippen molar-refractivity contribution in [2.24, 2.45) is 10.7 Å². The van der Waals surface area contributed by atoms with E-state index in [0.29, 0.717) is 12.5 Å². The summed E-state index contributed by atoms with van der Waals surface area (Å²) in [4.78, 5) is 4.36. The van der Waals surface area contributed by atoms with E-state index >= 15 is 0 Å². The summed E-state index contributed by atoms with van der Waals surface area (Å²) in [6.07, 6.45) is 3.38. The van der Waals surface area contributed by atoms with Gasteiger partial charge in [0, 0.05) is 18.7 Å². The summed E-state index contributed by atoms with van der Waals surface area (Å²) in [7, 11) is 0. The third-order valence-electron chi connectivity index (χ3n) is 3.62. The Morgan fingerprint density at radius 2 is 2.29 bits per heavy atom. The fourth-order valence-corrected chi connectivity index (χ4v) is 2.55. The number of fused-ring (bicyclic) bond motifs is 1. The van der Waals surface area contributed by atoms with Crippen LogP contribution in [0.25, 0.3) is 0 Å². The van der Waals surface area contributed by atoms with Crippen LogP contribution in [0.3, 0.4) is 0 Å². The molecule has 6 heteroatoms. The van der Waals surface area contributed by atoms with E-state index < -0.39 is 0 Å². The van der Waals surface area contributed by atoms with Gasteiger partial charge in [0.15, 0.2) is 11.8 Å². The summed E-state index contributed by atoms with van der Waals surface area (Å²) in [5.74, 6) is 2.35. The summed E-state index contributed by atoms with van der Waals surface area (Å²) in [6.45, 7) is 3.48. The lowest BCUT2D eigenvalue weighted by Crippen LogP contribution is -2.23. The first-order chi connectivity index (χ1) is 10.2. The molecule has 1 aromatic carbocycles. The molecule has 1 aromatic heterocycles. The van der Waals surface area contributed by atoms with Crippen LogP contribution in [-0.2, 0) is 19.5 Å². The summed E-state index contributed by atoms with van der Waals surface area (Å²) >= 11 is 0. The second-order valence-electron chi connectivity index (χ2n) is 5.34. The van der Waals surface area contributed by atoms with Crippen molar-refractivity contribution in [2.45, 2.75) is 39.3 Å². The number of benzene rings is 1. The fraction of sp³-hybridized carbons (Fsp3) is 0.400.